The number of carbonyl (C=O) groups is 4. The van der Waals surface area contributed by atoms with Crippen LogP contribution in [0.15, 0.2) is 115 Å². The SMILES string of the molecule is C=CC(=O)OCCCOc1ccc2cc(-c3ccc(C(=O)Sc4ccc(OCCCN5C(=O)C=CC5=O)cc4)cc3)ccc2c1. The molecule has 1 aliphatic heterocycles. The van der Waals surface area contributed by atoms with Gasteiger partial charge in [0.2, 0.25) is 5.12 Å². The smallest absolute Gasteiger partial charge is 0.330 e. The summed E-state index contributed by atoms with van der Waals surface area (Å²) in [7, 11) is 0. The molecule has 2 amide bonds. The van der Waals surface area contributed by atoms with Gasteiger partial charge >= 0.3 is 5.97 Å². The maximum Gasteiger partial charge on any atom is 0.330 e. The number of hydrogen-bond donors (Lipinski definition) is 0. The molecule has 5 rings (SSSR count). The van der Waals surface area contributed by atoms with Crippen LogP contribution in [-0.2, 0) is 19.1 Å². The molecule has 0 saturated heterocycles. The summed E-state index contributed by atoms with van der Waals surface area (Å²) in [5.41, 5.74) is 2.65. The zero-order valence-corrected chi connectivity index (χ0v) is 25.3. The number of fused-ring (bicyclic) bond motifs is 1. The van der Waals surface area contributed by atoms with Gasteiger partial charge in [-0.05, 0) is 94.7 Å². The van der Waals surface area contributed by atoms with Crippen LogP contribution < -0.4 is 9.47 Å². The van der Waals surface area contributed by atoms with E-state index in [-0.39, 0.29) is 23.5 Å². The van der Waals surface area contributed by atoms with E-state index in [0.717, 1.165) is 50.4 Å². The van der Waals surface area contributed by atoms with Gasteiger partial charge in [0.05, 0.1) is 19.8 Å². The molecule has 0 bridgehead atoms. The first-order valence-electron chi connectivity index (χ1n) is 14.4. The van der Waals surface area contributed by atoms with Crippen LogP contribution in [0.2, 0.25) is 0 Å². The Morgan fingerprint density at radius 3 is 2.07 bits per heavy atom. The molecular formula is C36H31NO7S. The number of amides is 2. The summed E-state index contributed by atoms with van der Waals surface area (Å²) in [5.74, 6) is 0.366. The maximum absolute atomic E-state index is 12.9. The molecule has 9 heteroatoms. The molecule has 0 spiro atoms. The molecule has 0 aliphatic carbocycles. The minimum absolute atomic E-state index is 0.0614. The average molecular weight is 622 g/mol. The number of benzene rings is 4. The summed E-state index contributed by atoms with van der Waals surface area (Å²) in [6, 6.07) is 26.9. The molecule has 0 atom stereocenters. The number of ether oxygens (including phenoxy) is 3. The fourth-order valence-corrected chi connectivity index (χ4v) is 5.35. The molecule has 4 aromatic rings. The molecule has 0 N–H and O–H groups in total. The van der Waals surface area contributed by atoms with Crippen molar-refractivity contribution in [1.29, 1.82) is 0 Å². The highest BCUT2D eigenvalue weighted by Crippen LogP contribution is 2.29. The quantitative estimate of drug-likeness (QED) is 0.0509. The largest absolute Gasteiger partial charge is 0.494 e. The monoisotopic (exact) mass is 621 g/mol. The van der Waals surface area contributed by atoms with Gasteiger partial charge in [0, 0.05) is 41.7 Å². The number of carbonyl (C=O) groups excluding carboxylic acids is 4. The Morgan fingerprint density at radius 1 is 0.711 bits per heavy atom. The van der Waals surface area contributed by atoms with E-state index in [2.05, 4.69) is 12.6 Å². The van der Waals surface area contributed by atoms with Crippen molar-refractivity contribution in [3.63, 3.8) is 0 Å². The van der Waals surface area contributed by atoms with E-state index in [1.807, 2.05) is 66.7 Å². The van der Waals surface area contributed by atoms with Crippen molar-refractivity contribution in [3.8, 4) is 22.6 Å². The third-order valence-corrected chi connectivity index (χ3v) is 7.89. The predicted molar refractivity (Wildman–Crippen MR) is 173 cm³/mol. The fraction of sp³-hybridized carbons (Fsp3) is 0.167. The Bertz CT molecular complexity index is 1730. The van der Waals surface area contributed by atoms with E-state index in [1.165, 1.54) is 17.1 Å². The van der Waals surface area contributed by atoms with Crippen molar-refractivity contribution in [2.24, 2.45) is 0 Å². The summed E-state index contributed by atoms with van der Waals surface area (Å²) in [4.78, 5) is 49.2. The van der Waals surface area contributed by atoms with E-state index >= 15 is 0 Å². The van der Waals surface area contributed by atoms with Crippen molar-refractivity contribution in [2.45, 2.75) is 17.7 Å². The van der Waals surface area contributed by atoms with Gasteiger partial charge < -0.3 is 14.2 Å². The first kappa shape index (κ1) is 31.3. The highest BCUT2D eigenvalue weighted by Gasteiger charge is 2.22. The third kappa shape index (κ3) is 8.49. The second kappa shape index (κ2) is 15.0. The van der Waals surface area contributed by atoms with Gasteiger partial charge in [-0.2, -0.15) is 0 Å². The van der Waals surface area contributed by atoms with Gasteiger partial charge in [-0.25, -0.2) is 4.79 Å². The second-order valence-corrected chi connectivity index (χ2v) is 11.1. The van der Waals surface area contributed by atoms with Gasteiger partial charge in [0.1, 0.15) is 11.5 Å². The lowest BCUT2D eigenvalue weighted by atomic mass is 10.0. The van der Waals surface area contributed by atoms with Gasteiger partial charge in [0.15, 0.2) is 0 Å². The standard InChI is InChI=1S/C36H31NO7S/c1-2-35(40)44-22-4-21-43-31-12-11-28-23-27(9-10-29(28)24-31)25-5-7-26(8-6-25)36(41)45-32-15-13-30(14-16-32)42-20-3-19-37-33(38)17-18-34(37)39/h2,5-18,23-24H,1,3-4,19-22H2. The Hall–Kier alpha value is -5.15. The van der Waals surface area contributed by atoms with Crippen LogP contribution >= 0.6 is 11.8 Å². The predicted octanol–water partition coefficient (Wildman–Crippen LogP) is 6.63. The second-order valence-electron chi connectivity index (χ2n) is 10.1. The van der Waals surface area contributed by atoms with Gasteiger partial charge in [-0.15, -0.1) is 0 Å². The lowest BCUT2D eigenvalue weighted by molar-refractivity contribution is -0.138. The third-order valence-electron chi connectivity index (χ3n) is 6.96. The van der Waals surface area contributed by atoms with Gasteiger partial charge in [-0.1, -0.05) is 36.9 Å². The number of esters is 1. The molecule has 0 aromatic heterocycles. The van der Waals surface area contributed by atoms with Crippen LogP contribution in [0.5, 0.6) is 11.5 Å². The summed E-state index contributed by atoms with van der Waals surface area (Å²) in [6.07, 6.45) is 4.79. The number of hydrogen-bond acceptors (Lipinski definition) is 8. The van der Waals surface area contributed by atoms with Crippen LogP contribution in [0.4, 0.5) is 0 Å². The van der Waals surface area contributed by atoms with Gasteiger partial charge in [0.25, 0.3) is 11.8 Å². The molecule has 0 radical (unpaired) electrons. The first-order chi connectivity index (χ1) is 21.9. The van der Waals surface area contributed by atoms with Gasteiger partial charge in [-0.3, -0.25) is 19.3 Å². The van der Waals surface area contributed by atoms with E-state index in [1.54, 1.807) is 12.1 Å². The molecule has 0 unspecified atom stereocenters. The van der Waals surface area contributed by atoms with Crippen LogP contribution in [0.25, 0.3) is 21.9 Å². The molecule has 1 aliphatic rings. The molecule has 1 heterocycles. The van der Waals surface area contributed by atoms with Crippen LogP contribution in [0.3, 0.4) is 0 Å². The zero-order chi connectivity index (χ0) is 31.6. The van der Waals surface area contributed by atoms with Crippen molar-refractivity contribution < 1.29 is 33.4 Å². The van der Waals surface area contributed by atoms with Crippen molar-refractivity contribution in [2.75, 3.05) is 26.4 Å². The normalized spacial score (nSPS) is 12.4. The summed E-state index contributed by atoms with van der Waals surface area (Å²) < 4.78 is 16.5. The van der Waals surface area contributed by atoms with E-state index in [0.29, 0.717) is 43.9 Å². The molecule has 228 valence electrons. The first-order valence-corrected chi connectivity index (χ1v) is 15.3. The Kier molecular flexibility index (Phi) is 10.4. The van der Waals surface area contributed by atoms with E-state index in [4.69, 9.17) is 14.2 Å². The van der Waals surface area contributed by atoms with Crippen molar-refractivity contribution in [1.82, 2.24) is 4.90 Å². The molecular weight excluding hydrogens is 590 g/mol. The molecule has 8 nitrogen and oxygen atoms in total. The van der Waals surface area contributed by atoms with E-state index < -0.39 is 5.97 Å². The maximum atomic E-state index is 12.9. The average Bonchev–Trinajstić information content (AvgIpc) is 3.39. The molecule has 4 aromatic carbocycles. The topological polar surface area (TPSA) is 99.2 Å². The van der Waals surface area contributed by atoms with Crippen molar-refractivity contribution >= 4 is 45.4 Å². The number of imide groups is 1. The Labute approximate surface area is 265 Å². The summed E-state index contributed by atoms with van der Waals surface area (Å²) in [6.45, 7) is 4.76. The summed E-state index contributed by atoms with van der Waals surface area (Å²) >= 11 is 1.15. The lowest BCUT2D eigenvalue weighted by Crippen LogP contribution is -2.31. The minimum Gasteiger partial charge on any atom is -0.494 e. The van der Waals surface area contributed by atoms with Crippen LogP contribution in [-0.4, -0.2) is 54.2 Å². The van der Waals surface area contributed by atoms with Crippen LogP contribution in [0.1, 0.15) is 23.2 Å². The summed E-state index contributed by atoms with van der Waals surface area (Å²) in [5, 5.41) is 2.05. The Morgan fingerprint density at radius 2 is 1.33 bits per heavy atom. The zero-order valence-electron chi connectivity index (χ0n) is 24.5. The lowest BCUT2D eigenvalue weighted by Gasteiger charge is -2.13. The fourth-order valence-electron chi connectivity index (χ4n) is 4.61. The number of nitrogens with zero attached hydrogens (tertiary/aromatic N) is 1. The highest BCUT2D eigenvalue weighted by atomic mass is 32.2. The van der Waals surface area contributed by atoms with Crippen LogP contribution in [0, 0.1) is 0 Å². The van der Waals surface area contributed by atoms with Crippen molar-refractivity contribution in [3.05, 3.63) is 115 Å². The highest BCUT2D eigenvalue weighted by molar-refractivity contribution is 8.14. The molecule has 0 saturated carbocycles. The Balaban J connectivity index is 1.09. The minimum atomic E-state index is -0.438. The van der Waals surface area contributed by atoms with E-state index in [9.17, 15) is 19.2 Å². The number of rotatable bonds is 14. The molecule has 45 heavy (non-hydrogen) atoms. The number of thioether (sulfide) groups is 1. The molecule has 0 fully saturated rings.